The molecule has 0 aliphatic carbocycles. The Morgan fingerprint density at radius 1 is 1.24 bits per heavy atom. The van der Waals surface area contributed by atoms with Crippen molar-refractivity contribution in [1.82, 2.24) is 0 Å². The number of benzene rings is 1. The van der Waals surface area contributed by atoms with Gasteiger partial charge in [-0.05, 0) is 24.6 Å². The topological polar surface area (TPSA) is 54.0 Å². The van der Waals surface area contributed by atoms with Gasteiger partial charge in [-0.15, -0.1) is 0 Å². The summed E-state index contributed by atoms with van der Waals surface area (Å²) in [5.41, 5.74) is -0.539. The maximum absolute atomic E-state index is 12.2. The standard InChI is InChI=1S/C14H11NO2/c1-14(10-15,11-6-3-2-4-7-11)13(16)12-8-5-9-17-12/h2-9H,1H3. The van der Waals surface area contributed by atoms with Crippen molar-refractivity contribution < 1.29 is 9.21 Å². The van der Waals surface area contributed by atoms with Crippen molar-refractivity contribution in [3.8, 4) is 6.07 Å². The van der Waals surface area contributed by atoms with Crippen LogP contribution in [0.25, 0.3) is 0 Å². The summed E-state index contributed by atoms with van der Waals surface area (Å²) in [5.74, 6) is -0.117. The zero-order valence-electron chi connectivity index (χ0n) is 9.38. The van der Waals surface area contributed by atoms with Gasteiger partial charge < -0.3 is 4.42 Å². The number of hydrogen-bond donors (Lipinski definition) is 0. The lowest BCUT2D eigenvalue weighted by molar-refractivity contribution is 0.0903. The fraction of sp³-hybridized carbons (Fsp3) is 0.143. The van der Waals surface area contributed by atoms with E-state index in [0.717, 1.165) is 0 Å². The molecule has 0 amide bonds. The van der Waals surface area contributed by atoms with Crippen LogP contribution in [0.4, 0.5) is 0 Å². The average molecular weight is 225 g/mol. The second kappa shape index (κ2) is 4.26. The van der Waals surface area contributed by atoms with Crippen LogP contribution in [0.2, 0.25) is 0 Å². The molecule has 0 spiro atoms. The Morgan fingerprint density at radius 3 is 2.47 bits per heavy atom. The largest absolute Gasteiger partial charge is 0.461 e. The predicted molar refractivity (Wildman–Crippen MR) is 62.4 cm³/mol. The van der Waals surface area contributed by atoms with E-state index in [2.05, 4.69) is 6.07 Å². The van der Waals surface area contributed by atoms with Crippen LogP contribution in [0, 0.1) is 11.3 Å². The molecular formula is C14H11NO2. The Kier molecular flexibility index (Phi) is 2.80. The monoisotopic (exact) mass is 225 g/mol. The number of hydrogen-bond acceptors (Lipinski definition) is 3. The number of nitrogens with zero attached hydrogens (tertiary/aromatic N) is 1. The molecular weight excluding hydrogens is 214 g/mol. The highest BCUT2D eigenvalue weighted by Gasteiger charge is 2.37. The van der Waals surface area contributed by atoms with Crippen molar-refractivity contribution in [3.05, 3.63) is 60.1 Å². The van der Waals surface area contributed by atoms with Crippen LogP contribution in [-0.4, -0.2) is 5.78 Å². The summed E-state index contributed by atoms with van der Waals surface area (Å²) in [6.07, 6.45) is 1.43. The normalized spacial score (nSPS) is 13.6. The summed E-state index contributed by atoms with van der Waals surface area (Å²) in [6.45, 7) is 1.60. The highest BCUT2D eigenvalue weighted by atomic mass is 16.3. The average Bonchev–Trinajstić information content (AvgIpc) is 2.92. The minimum absolute atomic E-state index is 0.206. The van der Waals surface area contributed by atoms with E-state index in [-0.39, 0.29) is 11.5 Å². The highest BCUT2D eigenvalue weighted by molar-refractivity contribution is 6.03. The Bertz CT molecular complexity index is 552. The number of furan rings is 1. The number of rotatable bonds is 3. The summed E-state index contributed by atoms with van der Waals surface area (Å²) in [6, 6.07) is 14.3. The summed E-state index contributed by atoms with van der Waals surface area (Å²) < 4.78 is 5.06. The third-order valence-corrected chi connectivity index (χ3v) is 2.77. The molecule has 0 saturated heterocycles. The van der Waals surface area contributed by atoms with Crippen molar-refractivity contribution in [3.63, 3.8) is 0 Å². The van der Waals surface area contributed by atoms with Gasteiger partial charge in [-0.2, -0.15) is 5.26 Å². The summed E-state index contributed by atoms with van der Waals surface area (Å²) in [5, 5.41) is 9.30. The number of nitriles is 1. The first-order valence-corrected chi connectivity index (χ1v) is 5.23. The Hall–Kier alpha value is -2.34. The molecule has 2 rings (SSSR count). The van der Waals surface area contributed by atoms with Crippen LogP contribution in [-0.2, 0) is 5.41 Å². The van der Waals surface area contributed by atoms with Crippen LogP contribution in [0.1, 0.15) is 23.0 Å². The van der Waals surface area contributed by atoms with Crippen molar-refractivity contribution in [2.24, 2.45) is 0 Å². The molecule has 17 heavy (non-hydrogen) atoms. The molecule has 1 unspecified atom stereocenters. The van der Waals surface area contributed by atoms with E-state index in [1.54, 1.807) is 43.3 Å². The van der Waals surface area contributed by atoms with Crippen molar-refractivity contribution in [2.45, 2.75) is 12.3 Å². The van der Waals surface area contributed by atoms with Crippen LogP contribution in [0.15, 0.2) is 53.1 Å². The van der Waals surface area contributed by atoms with Gasteiger partial charge >= 0.3 is 0 Å². The van der Waals surface area contributed by atoms with E-state index in [1.165, 1.54) is 6.26 Å². The van der Waals surface area contributed by atoms with Crippen molar-refractivity contribution >= 4 is 5.78 Å². The minimum Gasteiger partial charge on any atom is -0.461 e. The quantitative estimate of drug-likeness (QED) is 0.754. The molecule has 0 aliphatic heterocycles. The maximum atomic E-state index is 12.2. The van der Waals surface area contributed by atoms with E-state index >= 15 is 0 Å². The fourth-order valence-corrected chi connectivity index (χ4v) is 1.67. The molecule has 0 bridgehead atoms. The summed E-state index contributed by atoms with van der Waals surface area (Å²) >= 11 is 0. The van der Waals surface area contributed by atoms with Crippen LogP contribution in [0.3, 0.4) is 0 Å². The smallest absolute Gasteiger partial charge is 0.222 e. The SMILES string of the molecule is CC(C#N)(C(=O)c1ccco1)c1ccccc1. The molecule has 1 aromatic heterocycles. The van der Waals surface area contributed by atoms with E-state index < -0.39 is 5.41 Å². The number of Topliss-reactive ketones (excluding diaryl/α,β-unsaturated/α-hetero) is 1. The molecule has 0 aliphatic rings. The molecule has 1 atom stereocenters. The Morgan fingerprint density at radius 2 is 1.94 bits per heavy atom. The fourth-order valence-electron chi connectivity index (χ4n) is 1.67. The summed E-state index contributed by atoms with van der Waals surface area (Å²) in [4.78, 5) is 12.2. The molecule has 0 radical (unpaired) electrons. The molecule has 0 N–H and O–H groups in total. The van der Waals surface area contributed by atoms with Gasteiger partial charge in [0.15, 0.2) is 5.76 Å². The maximum Gasteiger partial charge on any atom is 0.222 e. The molecule has 1 aromatic carbocycles. The second-order valence-corrected chi connectivity index (χ2v) is 3.91. The van der Waals surface area contributed by atoms with Gasteiger partial charge in [0.25, 0.3) is 0 Å². The van der Waals surface area contributed by atoms with Crippen LogP contribution >= 0.6 is 0 Å². The van der Waals surface area contributed by atoms with E-state index in [0.29, 0.717) is 5.56 Å². The van der Waals surface area contributed by atoms with Crippen molar-refractivity contribution in [1.29, 1.82) is 5.26 Å². The highest BCUT2D eigenvalue weighted by Crippen LogP contribution is 2.27. The van der Waals surface area contributed by atoms with Gasteiger partial charge in [0.1, 0.15) is 5.41 Å². The second-order valence-electron chi connectivity index (χ2n) is 3.91. The number of carbonyl (C=O) groups excluding carboxylic acids is 1. The van der Waals surface area contributed by atoms with Crippen molar-refractivity contribution in [2.75, 3.05) is 0 Å². The predicted octanol–water partition coefficient (Wildman–Crippen LogP) is 2.94. The minimum atomic E-state index is -1.21. The Labute approximate surface area is 99.3 Å². The molecule has 0 fully saturated rings. The molecule has 84 valence electrons. The number of ketones is 1. The molecule has 3 heteroatoms. The van der Waals surface area contributed by atoms with Gasteiger partial charge in [0.05, 0.1) is 12.3 Å². The van der Waals surface area contributed by atoms with E-state index in [4.69, 9.17) is 4.42 Å². The lowest BCUT2D eigenvalue weighted by Crippen LogP contribution is -2.30. The first-order valence-electron chi connectivity index (χ1n) is 5.23. The zero-order chi connectivity index (χ0) is 12.3. The van der Waals surface area contributed by atoms with Crippen LogP contribution < -0.4 is 0 Å². The zero-order valence-corrected chi connectivity index (χ0v) is 9.38. The van der Waals surface area contributed by atoms with Gasteiger partial charge in [-0.3, -0.25) is 4.79 Å². The molecule has 2 aromatic rings. The van der Waals surface area contributed by atoms with Gasteiger partial charge in [-0.25, -0.2) is 0 Å². The Balaban J connectivity index is 2.47. The first-order chi connectivity index (χ1) is 8.18. The first kappa shape index (κ1) is 11.2. The molecule has 3 nitrogen and oxygen atoms in total. The van der Waals surface area contributed by atoms with Gasteiger partial charge in [0, 0.05) is 0 Å². The van der Waals surface area contributed by atoms with E-state index in [1.807, 2.05) is 6.07 Å². The van der Waals surface area contributed by atoms with Gasteiger partial charge in [0.2, 0.25) is 5.78 Å². The molecule has 1 heterocycles. The third-order valence-electron chi connectivity index (χ3n) is 2.77. The number of carbonyl (C=O) groups is 1. The lowest BCUT2D eigenvalue weighted by Gasteiger charge is -2.18. The molecule has 0 saturated carbocycles. The van der Waals surface area contributed by atoms with Crippen LogP contribution in [0.5, 0.6) is 0 Å². The third kappa shape index (κ3) is 1.85. The van der Waals surface area contributed by atoms with Gasteiger partial charge in [-0.1, -0.05) is 30.3 Å². The summed E-state index contributed by atoms with van der Waals surface area (Å²) in [7, 11) is 0. The van der Waals surface area contributed by atoms with E-state index in [9.17, 15) is 10.1 Å². The lowest BCUT2D eigenvalue weighted by atomic mass is 9.79.